The number of aromatic nitrogens is 3. The van der Waals surface area contributed by atoms with Crippen LogP contribution in [0.5, 0.6) is 0 Å². The van der Waals surface area contributed by atoms with Gasteiger partial charge in [0, 0.05) is 10.2 Å². The van der Waals surface area contributed by atoms with E-state index in [-0.39, 0.29) is 11.6 Å². The van der Waals surface area contributed by atoms with Crippen molar-refractivity contribution in [2.24, 2.45) is 0 Å². The first kappa shape index (κ1) is 10.6. The van der Waals surface area contributed by atoms with Crippen LogP contribution in [0.3, 0.4) is 0 Å². The molecule has 1 amide bonds. The van der Waals surface area contributed by atoms with Gasteiger partial charge in [0.1, 0.15) is 0 Å². The molecule has 6 nitrogen and oxygen atoms in total. The first-order valence-electron chi connectivity index (χ1n) is 4.39. The lowest BCUT2D eigenvalue weighted by Gasteiger charge is -2.06. The Balaban J connectivity index is 2.21. The lowest BCUT2D eigenvalue weighted by molar-refractivity contribution is 0.102. The third-order valence-corrected chi connectivity index (χ3v) is 2.58. The molecule has 0 unspecified atom stereocenters. The number of amides is 1. The molecule has 82 valence electrons. The first-order valence-corrected chi connectivity index (χ1v) is 5.18. The number of anilines is 2. The number of H-pyrrole nitrogens is 1. The Hall–Kier alpha value is -1.89. The normalized spacial score (nSPS) is 10.1. The standard InChI is InChI=1S/C9H8BrN5O/c10-6-2-1-5(11)3-7(6)13-9(16)8-4-12-15-14-8/h1-4H,11H2,(H,13,16)(H,12,14,15). The molecule has 4 N–H and O–H groups in total. The van der Waals surface area contributed by atoms with Crippen molar-refractivity contribution in [2.45, 2.75) is 0 Å². The van der Waals surface area contributed by atoms with Crippen LogP contribution in [-0.4, -0.2) is 21.3 Å². The van der Waals surface area contributed by atoms with Crippen LogP contribution in [0.2, 0.25) is 0 Å². The largest absolute Gasteiger partial charge is 0.399 e. The van der Waals surface area contributed by atoms with E-state index in [1.807, 2.05) is 0 Å². The summed E-state index contributed by atoms with van der Waals surface area (Å²) in [6.07, 6.45) is 1.34. The molecule has 0 aliphatic rings. The number of benzene rings is 1. The SMILES string of the molecule is Nc1ccc(Br)c(NC(=O)c2cn[nH]n2)c1. The molecule has 2 rings (SSSR count). The van der Waals surface area contributed by atoms with Gasteiger partial charge in [-0.2, -0.15) is 15.4 Å². The van der Waals surface area contributed by atoms with E-state index < -0.39 is 0 Å². The van der Waals surface area contributed by atoms with Crippen molar-refractivity contribution in [3.05, 3.63) is 34.6 Å². The predicted molar refractivity (Wildman–Crippen MR) is 62.9 cm³/mol. The van der Waals surface area contributed by atoms with Gasteiger partial charge in [0.05, 0.1) is 11.9 Å². The third kappa shape index (κ3) is 2.19. The lowest BCUT2D eigenvalue weighted by Crippen LogP contribution is -2.13. The number of halogens is 1. The van der Waals surface area contributed by atoms with Crippen molar-refractivity contribution in [1.29, 1.82) is 0 Å². The molecule has 0 fully saturated rings. The number of nitrogens with two attached hydrogens (primary N) is 1. The van der Waals surface area contributed by atoms with E-state index in [9.17, 15) is 4.79 Å². The summed E-state index contributed by atoms with van der Waals surface area (Å²) >= 11 is 3.31. The van der Waals surface area contributed by atoms with Crippen molar-refractivity contribution in [2.75, 3.05) is 11.1 Å². The second-order valence-corrected chi connectivity index (χ2v) is 3.90. The van der Waals surface area contributed by atoms with Crippen molar-refractivity contribution < 1.29 is 4.79 Å². The van der Waals surface area contributed by atoms with Gasteiger partial charge in [-0.15, -0.1) is 0 Å². The quantitative estimate of drug-likeness (QED) is 0.725. The summed E-state index contributed by atoms with van der Waals surface area (Å²) in [5, 5.41) is 12.3. The maximum Gasteiger partial charge on any atom is 0.277 e. The van der Waals surface area contributed by atoms with Crippen LogP contribution in [0.25, 0.3) is 0 Å². The molecule has 16 heavy (non-hydrogen) atoms. The van der Waals surface area contributed by atoms with E-state index >= 15 is 0 Å². The molecule has 0 aliphatic heterocycles. The van der Waals surface area contributed by atoms with E-state index in [0.29, 0.717) is 11.4 Å². The van der Waals surface area contributed by atoms with Crippen LogP contribution in [0.4, 0.5) is 11.4 Å². The van der Waals surface area contributed by atoms with Crippen LogP contribution in [0, 0.1) is 0 Å². The maximum absolute atomic E-state index is 11.6. The van der Waals surface area contributed by atoms with Crippen LogP contribution in [0.15, 0.2) is 28.9 Å². The second kappa shape index (κ2) is 4.31. The van der Waals surface area contributed by atoms with Gasteiger partial charge in [-0.05, 0) is 34.1 Å². The van der Waals surface area contributed by atoms with Crippen molar-refractivity contribution >= 4 is 33.2 Å². The highest BCUT2D eigenvalue weighted by Crippen LogP contribution is 2.24. The zero-order valence-electron chi connectivity index (χ0n) is 8.07. The number of nitrogens with zero attached hydrogens (tertiary/aromatic N) is 2. The summed E-state index contributed by atoms with van der Waals surface area (Å²) < 4.78 is 0.749. The summed E-state index contributed by atoms with van der Waals surface area (Å²) in [7, 11) is 0. The maximum atomic E-state index is 11.6. The van der Waals surface area contributed by atoms with E-state index in [4.69, 9.17) is 5.73 Å². The first-order chi connectivity index (χ1) is 7.66. The van der Waals surface area contributed by atoms with Crippen LogP contribution >= 0.6 is 15.9 Å². The van der Waals surface area contributed by atoms with Gasteiger partial charge in [0.25, 0.3) is 5.91 Å². The average Bonchev–Trinajstić information content (AvgIpc) is 2.76. The molecule has 2 aromatic rings. The van der Waals surface area contributed by atoms with Gasteiger partial charge in [-0.3, -0.25) is 4.79 Å². The second-order valence-electron chi connectivity index (χ2n) is 3.05. The Kier molecular flexibility index (Phi) is 2.86. The van der Waals surface area contributed by atoms with E-state index in [0.717, 1.165) is 4.47 Å². The Morgan fingerprint density at radius 2 is 2.31 bits per heavy atom. The summed E-state index contributed by atoms with van der Waals surface area (Å²) in [6.45, 7) is 0. The number of hydrogen-bond acceptors (Lipinski definition) is 4. The fourth-order valence-corrected chi connectivity index (χ4v) is 1.48. The number of nitrogen functional groups attached to an aromatic ring is 1. The minimum atomic E-state index is -0.347. The minimum absolute atomic E-state index is 0.217. The molecule has 0 radical (unpaired) electrons. The number of carbonyl (C=O) groups excluding carboxylic acids is 1. The molecular weight excluding hydrogens is 274 g/mol. The Labute approximate surface area is 99.4 Å². The molecule has 1 aromatic heterocycles. The molecule has 0 spiro atoms. The van der Waals surface area contributed by atoms with Gasteiger partial charge >= 0.3 is 0 Å². The molecular formula is C9H8BrN5O. The molecule has 0 atom stereocenters. The van der Waals surface area contributed by atoms with Crippen molar-refractivity contribution in [3.63, 3.8) is 0 Å². The summed E-state index contributed by atoms with van der Waals surface area (Å²) in [5.41, 5.74) is 6.99. The summed E-state index contributed by atoms with van der Waals surface area (Å²) in [5.74, 6) is -0.347. The molecule has 0 bridgehead atoms. The molecule has 1 aromatic carbocycles. The number of rotatable bonds is 2. The fourth-order valence-electron chi connectivity index (χ4n) is 1.14. The zero-order valence-corrected chi connectivity index (χ0v) is 9.65. The fraction of sp³-hybridized carbons (Fsp3) is 0. The monoisotopic (exact) mass is 281 g/mol. The molecule has 7 heteroatoms. The summed E-state index contributed by atoms with van der Waals surface area (Å²) in [6, 6.07) is 5.14. The van der Waals surface area contributed by atoms with E-state index in [1.54, 1.807) is 18.2 Å². The Morgan fingerprint density at radius 3 is 3.00 bits per heavy atom. The zero-order chi connectivity index (χ0) is 11.5. The van der Waals surface area contributed by atoms with E-state index in [2.05, 4.69) is 36.7 Å². The van der Waals surface area contributed by atoms with Gasteiger partial charge in [-0.25, -0.2) is 0 Å². The number of nitrogens with one attached hydrogen (secondary N) is 2. The number of carbonyl (C=O) groups is 1. The number of hydrogen-bond donors (Lipinski definition) is 3. The van der Waals surface area contributed by atoms with Crippen LogP contribution < -0.4 is 11.1 Å². The van der Waals surface area contributed by atoms with Crippen molar-refractivity contribution in [3.8, 4) is 0 Å². The number of aromatic amines is 1. The third-order valence-electron chi connectivity index (χ3n) is 1.89. The van der Waals surface area contributed by atoms with Crippen LogP contribution in [-0.2, 0) is 0 Å². The topological polar surface area (TPSA) is 96.7 Å². The Morgan fingerprint density at radius 1 is 1.50 bits per heavy atom. The highest BCUT2D eigenvalue weighted by molar-refractivity contribution is 9.10. The summed E-state index contributed by atoms with van der Waals surface area (Å²) in [4.78, 5) is 11.6. The van der Waals surface area contributed by atoms with E-state index in [1.165, 1.54) is 6.20 Å². The van der Waals surface area contributed by atoms with Gasteiger partial charge in [-0.1, -0.05) is 0 Å². The molecule has 1 heterocycles. The lowest BCUT2D eigenvalue weighted by atomic mass is 10.3. The molecule has 0 saturated heterocycles. The average molecular weight is 282 g/mol. The van der Waals surface area contributed by atoms with Crippen molar-refractivity contribution in [1.82, 2.24) is 15.4 Å². The van der Waals surface area contributed by atoms with Crippen LogP contribution in [0.1, 0.15) is 10.5 Å². The predicted octanol–water partition coefficient (Wildman–Crippen LogP) is 1.40. The smallest absolute Gasteiger partial charge is 0.277 e. The Bertz CT molecular complexity index is 511. The van der Waals surface area contributed by atoms with Gasteiger partial charge < -0.3 is 11.1 Å². The van der Waals surface area contributed by atoms with Gasteiger partial charge in [0.2, 0.25) is 0 Å². The minimum Gasteiger partial charge on any atom is -0.399 e. The highest BCUT2D eigenvalue weighted by Gasteiger charge is 2.10. The van der Waals surface area contributed by atoms with Gasteiger partial charge in [0.15, 0.2) is 5.69 Å². The highest BCUT2D eigenvalue weighted by atomic mass is 79.9. The molecule has 0 aliphatic carbocycles. The molecule has 0 saturated carbocycles.